The number of aliphatic hydroxyl groups excluding tert-OH is 1. The van der Waals surface area contributed by atoms with Gasteiger partial charge in [-0.25, -0.2) is 0 Å². The molecule has 2 heteroatoms. The van der Waals surface area contributed by atoms with Crippen molar-refractivity contribution in [1.82, 2.24) is 4.90 Å². The van der Waals surface area contributed by atoms with Crippen LogP contribution in [0, 0.1) is 0 Å². The molecule has 0 saturated carbocycles. The van der Waals surface area contributed by atoms with Gasteiger partial charge in [-0.05, 0) is 24.8 Å². The Labute approximate surface area is 90.5 Å². The third kappa shape index (κ3) is 1.58. The fraction of sp³-hybridized carbons (Fsp3) is 0.538. The van der Waals surface area contributed by atoms with E-state index in [1.54, 1.807) is 0 Å². The minimum atomic E-state index is -0.0764. The van der Waals surface area contributed by atoms with Crippen molar-refractivity contribution in [3.05, 3.63) is 35.9 Å². The van der Waals surface area contributed by atoms with Gasteiger partial charge in [0, 0.05) is 18.6 Å². The van der Waals surface area contributed by atoms with Crippen molar-refractivity contribution in [3.63, 3.8) is 0 Å². The van der Waals surface area contributed by atoms with Crippen molar-refractivity contribution >= 4 is 0 Å². The minimum Gasteiger partial charge on any atom is -0.391 e. The molecule has 3 rings (SSSR count). The molecule has 15 heavy (non-hydrogen) atoms. The molecule has 1 aromatic rings. The molecule has 2 fully saturated rings. The van der Waals surface area contributed by atoms with E-state index in [1.165, 1.54) is 18.4 Å². The average molecular weight is 203 g/mol. The molecule has 2 saturated heterocycles. The zero-order chi connectivity index (χ0) is 10.3. The van der Waals surface area contributed by atoms with Gasteiger partial charge in [-0.3, -0.25) is 4.90 Å². The lowest BCUT2D eigenvalue weighted by molar-refractivity contribution is 0.119. The Hall–Kier alpha value is -0.860. The van der Waals surface area contributed by atoms with Gasteiger partial charge in [0.25, 0.3) is 0 Å². The summed E-state index contributed by atoms with van der Waals surface area (Å²) in [6, 6.07) is 11.6. The summed E-state index contributed by atoms with van der Waals surface area (Å²) in [5, 5.41) is 9.83. The highest BCUT2D eigenvalue weighted by molar-refractivity contribution is 5.16. The zero-order valence-electron chi connectivity index (χ0n) is 8.84. The Balaban J connectivity index is 1.75. The van der Waals surface area contributed by atoms with Crippen LogP contribution in [0.5, 0.6) is 0 Å². The third-order valence-electron chi connectivity index (χ3n) is 3.86. The molecular weight excluding hydrogens is 186 g/mol. The molecule has 0 spiro atoms. The molecule has 0 aromatic heterocycles. The number of benzene rings is 1. The first-order chi connectivity index (χ1) is 7.34. The molecule has 1 N–H and O–H groups in total. The lowest BCUT2D eigenvalue weighted by atomic mass is 9.98. The van der Waals surface area contributed by atoms with E-state index in [0.29, 0.717) is 12.1 Å². The van der Waals surface area contributed by atoms with Crippen molar-refractivity contribution in [2.24, 2.45) is 0 Å². The number of nitrogens with zero attached hydrogens (tertiary/aromatic N) is 1. The van der Waals surface area contributed by atoms with Crippen molar-refractivity contribution in [1.29, 1.82) is 0 Å². The summed E-state index contributed by atoms with van der Waals surface area (Å²) in [4.78, 5) is 2.49. The van der Waals surface area contributed by atoms with Crippen LogP contribution in [0.2, 0.25) is 0 Å². The van der Waals surface area contributed by atoms with E-state index in [9.17, 15) is 5.11 Å². The second-order valence-electron chi connectivity index (χ2n) is 4.76. The molecule has 0 aliphatic carbocycles. The molecule has 3 unspecified atom stereocenters. The largest absolute Gasteiger partial charge is 0.391 e. The Morgan fingerprint density at radius 2 is 2.00 bits per heavy atom. The Morgan fingerprint density at radius 1 is 1.20 bits per heavy atom. The van der Waals surface area contributed by atoms with E-state index in [4.69, 9.17) is 0 Å². The molecule has 0 radical (unpaired) electrons. The normalized spacial score (nSPS) is 34.9. The summed E-state index contributed by atoms with van der Waals surface area (Å²) in [7, 11) is 0. The van der Waals surface area contributed by atoms with Crippen molar-refractivity contribution < 1.29 is 5.11 Å². The fourth-order valence-electron chi connectivity index (χ4n) is 3.11. The van der Waals surface area contributed by atoms with Crippen LogP contribution in [0.4, 0.5) is 0 Å². The van der Waals surface area contributed by atoms with Gasteiger partial charge in [0.1, 0.15) is 0 Å². The van der Waals surface area contributed by atoms with Crippen LogP contribution >= 0.6 is 0 Å². The SMILES string of the molecule is OC1CC2CCC1N2Cc1ccccc1. The Morgan fingerprint density at radius 3 is 2.60 bits per heavy atom. The number of rotatable bonds is 2. The number of aliphatic hydroxyl groups is 1. The van der Waals surface area contributed by atoms with Gasteiger partial charge in [0.05, 0.1) is 6.10 Å². The first-order valence-electron chi connectivity index (χ1n) is 5.82. The van der Waals surface area contributed by atoms with Gasteiger partial charge in [-0.2, -0.15) is 0 Å². The van der Waals surface area contributed by atoms with Gasteiger partial charge in [-0.1, -0.05) is 30.3 Å². The monoisotopic (exact) mass is 203 g/mol. The Kier molecular flexibility index (Phi) is 2.26. The smallest absolute Gasteiger partial charge is 0.0710 e. The maximum Gasteiger partial charge on any atom is 0.0710 e. The van der Waals surface area contributed by atoms with Gasteiger partial charge >= 0.3 is 0 Å². The Bertz CT molecular complexity index is 338. The molecular formula is C13H17NO. The van der Waals surface area contributed by atoms with E-state index in [-0.39, 0.29) is 6.10 Å². The minimum absolute atomic E-state index is 0.0764. The summed E-state index contributed by atoms with van der Waals surface area (Å²) in [6.07, 6.45) is 3.36. The second-order valence-corrected chi connectivity index (χ2v) is 4.76. The van der Waals surface area contributed by atoms with Gasteiger partial charge in [0.2, 0.25) is 0 Å². The van der Waals surface area contributed by atoms with Gasteiger partial charge < -0.3 is 5.11 Å². The molecule has 3 atom stereocenters. The van der Waals surface area contributed by atoms with E-state index < -0.39 is 0 Å². The van der Waals surface area contributed by atoms with Crippen LogP contribution in [0.3, 0.4) is 0 Å². The first-order valence-corrected chi connectivity index (χ1v) is 5.82. The van der Waals surface area contributed by atoms with Gasteiger partial charge in [-0.15, -0.1) is 0 Å². The van der Waals surface area contributed by atoms with Gasteiger partial charge in [0.15, 0.2) is 0 Å². The average Bonchev–Trinajstić information content (AvgIpc) is 2.76. The van der Waals surface area contributed by atoms with Crippen molar-refractivity contribution in [3.8, 4) is 0 Å². The van der Waals surface area contributed by atoms with Crippen LogP contribution in [0.15, 0.2) is 30.3 Å². The molecule has 0 amide bonds. The topological polar surface area (TPSA) is 23.5 Å². The quantitative estimate of drug-likeness (QED) is 0.792. The first kappa shape index (κ1) is 9.37. The summed E-state index contributed by atoms with van der Waals surface area (Å²) >= 11 is 0. The lowest BCUT2D eigenvalue weighted by Gasteiger charge is -2.22. The van der Waals surface area contributed by atoms with Crippen LogP contribution < -0.4 is 0 Å². The number of hydrogen-bond donors (Lipinski definition) is 1. The predicted octanol–water partition coefficient (Wildman–Crippen LogP) is 1.78. The zero-order valence-corrected chi connectivity index (χ0v) is 8.84. The van der Waals surface area contributed by atoms with Crippen LogP contribution in [-0.2, 0) is 6.54 Å². The molecule has 2 bridgehead atoms. The standard InChI is InChI=1S/C13H17NO/c15-13-8-11-6-7-12(13)14(11)9-10-4-2-1-3-5-10/h1-5,11-13,15H,6-9H2. The number of hydrogen-bond acceptors (Lipinski definition) is 2. The maximum absolute atomic E-state index is 9.83. The second kappa shape index (κ2) is 3.62. The highest BCUT2D eigenvalue weighted by atomic mass is 16.3. The predicted molar refractivity (Wildman–Crippen MR) is 59.4 cm³/mol. The molecule has 2 heterocycles. The van der Waals surface area contributed by atoms with E-state index in [1.807, 2.05) is 0 Å². The summed E-state index contributed by atoms with van der Waals surface area (Å²) < 4.78 is 0. The molecule has 2 nitrogen and oxygen atoms in total. The van der Waals surface area contributed by atoms with Crippen molar-refractivity contribution in [2.45, 2.75) is 44.0 Å². The summed E-state index contributed by atoms with van der Waals surface area (Å²) in [5.41, 5.74) is 1.36. The van der Waals surface area contributed by atoms with Crippen LogP contribution in [0.1, 0.15) is 24.8 Å². The highest BCUT2D eigenvalue weighted by Gasteiger charge is 2.44. The maximum atomic E-state index is 9.83. The van der Waals surface area contributed by atoms with Crippen LogP contribution in [-0.4, -0.2) is 28.2 Å². The summed E-state index contributed by atoms with van der Waals surface area (Å²) in [6.45, 7) is 1.01. The molecule has 2 aliphatic rings. The van der Waals surface area contributed by atoms with E-state index in [0.717, 1.165) is 13.0 Å². The third-order valence-corrected chi connectivity index (χ3v) is 3.86. The number of fused-ring (bicyclic) bond motifs is 2. The van der Waals surface area contributed by atoms with E-state index in [2.05, 4.69) is 35.2 Å². The lowest BCUT2D eigenvalue weighted by Crippen LogP contribution is -2.31. The highest BCUT2D eigenvalue weighted by Crippen LogP contribution is 2.38. The molecule has 80 valence electrons. The molecule has 1 aromatic carbocycles. The van der Waals surface area contributed by atoms with Crippen molar-refractivity contribution in [2.75, 3.05) is 0 Å². The summed E-state index contributed by atoms with van der Waals surface area (Å²) in [5.74, 6) is 0. The fourth-order valence-corrected chi connectivity index (χ4v) is 3.11. The van der Waals surface area contributed by atoms with E-state index >= 15 is 0 Å². The van der Waals surface area contributed by atoms with Crippen LogP contribution in [0.25, 0.3) is 0 Å². The molecule has 2 aliphatic heterocycles.